The number of benzene rings is 1. The van der Waals surface area contributed by atoms with Crippen LogP contribution in [-0.4, -0.2) is 37.1 Å². The van der Waals surface area contributed by atoms with Crippen LogP contribution in [0.15, 0.2) is 28.9 Å². The molecule has 132 valence electrons. The molecule has 0 saturated carbocycles. The summed E-state index contributed by atoms with van der Waals surface area (Å²) < 4.78 is 7.52. The lowest BCUT2D eigenvalue weighted by Crippen LogP contribution is -2.29. The number of nitrogens with zero attached hydrogens (tertiary/aromatic N) is 5. The van der Waals surface area contributed by atoms with E-state index < -0.39 is 0 Å². The van der Waals surface area contributed by atoms with Gasteiger partial charge in [-0.05, 0) is 25.0 Å². The number of hydrogen-bond acceptors (Lipinski definition) is 5. The molecule has 1 fully saturated rings. The first-order valence-electron chi connectivity index (χ1n) is 8.25. The molecule has 0 radical (unpaired) electrons. The molecule has 0 spiro atoms. The van der Waals surface area contributed by atoms with Gasteiger partial charge < -0.3 is 9.32 Å². The number of carbonyl (C=O) groups excluding carboxylic acids is 1. The molecule has 2 aromatic heterocycles. The van der Waals surface area contributed by atoms with Crippen LogP contribution in [0.2, 0.25) is 5.02 Å². The van der Waals surface area contributed by atoms with Gasteiger partial charge in [0.1, 0.15) is 12.2 Å². The lowest BCUT2D eigenvalue weighted by Gasteiger charge is -2.22. The van der Waals surface area contributed by atoms with E-state index in [0.717, 1.165) is 18.5 Å². The van der Waals surface area contributed by atoms with E-state index in [1.807, 2.05) is 21.6 Å². The molecule has 5 rings (SSSR count). The number of rotatable bonds is 2. The van der Waals surface area contributed by atoms with Crippen molar-refractivity contribution in [2.24, 2.45) is 0 Å². The van der Waals surface area contributed by atoms with Crippen molar-refractivity contribution >= 4 is 29.1 Å². The predicted octanol–water partition coefficient (Wildman–Crippen LogP) is 3.61. The van der Waals surface area contributed by atoms with Crippen molar-refractivity contribution in [2.75, 3.05) is 6.54 Å². The van der Waals surface area contributed by atoms with E-state index in [2.05, 4.69) is 15.2 Å². The van der Waals surface area contributed by atoms with Crippen molar-refractivity contribution in [1.29, 1.82) is 0 Å². The summed E-state index contributed by atoms with van der Waals surface area (Å²) >= 11 is 12.1. The zero-order valence-electron chi connectivity index (χ0n) is 13.5. The maximum absolute atomic E-state index is 13.1. The van der Waals surface area contributed by atoms with Crippen molar-refractivity contribution < 1.29 is 9.21 Å². The number of halogens is 2. The summed E-state index contributed by atoms with van der Waals surface area (Å²) in [7, 11) is 0. The summed E-state index contributed by atoms with van der Waals surface area (Å²) in [5, 5.41) is 8.42. The number of aromatic nitrogens is 4. The summed E-state index contributed by atoms with van der Waals surface area (Å²) in [6.07, 6.45) is 3.43. The molecule has 2 aliphatic heterocycles. The third kappa shape index (κ3) is 2.13. The second-order valence-corrected chi connectivity index (χ2v) is 6.95. The van der Waals surface area contributed by atoms with Gasteiger partial charge in [0.25, 0.3) is 11.8 Å². The summed E-state index contributed by atoms with van der Waals surface area (Å²) in [6.45, 7) is 0.676. The number of hydrogen-bond donors (Lipinski definition) is 0. The Bertz CT molecular complexity index is 1030. The van der Waals surface area contributed by atoms with Gasteiger partial charge in [0.05, 0.1) is 28.0 Å². The van der Waals surface area contributed by atoms with Crippen LogP contribution in [0.4, 0.5) is 0 Å². The molecule has 0 N–H and O–H groups in total. The molecule has 0 bridgehead atoms. The SMILES string of the molecule is O=C1c2c(Cl)cccc2-n2cnc(-c3nnc(CCl)o3)c2[C@@H]2CCCN12. The highest BCUT2D eigenvalue weighted by molar-refractivity contribution is 6.34. The smallest absolute Gasteiger partial charge is 0.268 e. The molecule has 9 heteroatoms. The number of imidazole rings is 1. The maximum atomic E-state index is 13.1. The van der Waals surface area contributed by atoms with E-state index in [1.54, 1.807) is 12.4 Å². The first-order chi connectivity index (χ1) is 12.7. The van der Waals surface area contributed by atoms with Gasteiger partial charge >= 0.3 is 0 Å². The minimum Gasteiger partial charge on any atom is -0.418 e. The van der Waals surface area contributed by atoms with E-state index in [4.69, 9.17) is 27.6 Å². The molecule has 2 aliphatic rings. The van der Waals surface area contributed by atoms with Gasteiger partial charge in [0.2, 0.25) is 5.89 Å². The van der Waals surface area contributed by atoms with Gasteiger partial charge in [-0.2, -0.15) is 0 Å². The highest BCUT2D eigenvalue weighted by Gasteiger charge is 2.40. The molecule has 4 heterocycles. The van der Waals surface area contributed by atoms with Crippen molar-refractivity contribution in [3.8, 4) is 17.3 Å². The van der Waals surface area contributed by atoms with Crippen LogP contribution in [0.1, 0.15) is 40.8 Å². The van der Waals surface area contributed by atoms with Crippen LogP contribution in [0.5, 0.6) is 0 Å². The summed E-state index contributed by atoms with van der Waals surface area (Å²) in [5.74, 6) is 0.712. The standard InChI is InChI=1S/C17H13Cl2N5O2/c18-7-12-21-22-16(26-12)14-15-11-5-2-6-23(11)17(25)13-9(19)3-1-4-10(13)24(15)8-20-14/h1,3-4,8,11H,2,5-7H2/t11-/m0/s1. The first kappa shape index (κ1) is 15.8. The topological polar surface area (TPSA) is 77.0 Å². The molecule has 1 aromatic carbocycles. The normalized spacial score (nSPS) is 18.5. The molecule has 7 nitrogen and oxygen atoms in total. The fourth-order valence-corrected chi connectivity index (χ4v) is 4.16. The molecule has 1 amide bonds. The van der Waals surface area contributed by atoms with Crippen LogP contribution in [0.3, 0.4) is 0 Å². The van der Waals surface area contributed by atoms with Gasteiger partial charge in [-0.25, -0.2) is 4.98 Å². The van der Waals surface area contributed by atoms with Gasteiger partial charge in [0, 0.05) is 6.54 Å². The minimum absolute atomic E-state index is 0.0604. The summed E-state index contributed by atoms with van der Waals surface area (Å²) in [5.41, 5.74) is 2.64. The van der Waals surface area contributed by atoms with Crippen LogP contribution in [0.25, 0.3) is 17.3 Å². The highest BCUT2D eigenvalue weighted by atomic mass is 35.5. The van der Waals surface area contributed by atoms with Crippen LogP contribution in [0, 0.1) is 0 Å². The Labute approximate surface area is 158 Å². The molecule has 0 aliphatic carbocycles. The average Bonchev–Trinajstić information content (AvgIpc) is 3.37. The zero-order chi connectivity index (χ0) is 17.8. The van der Waals surface area contributed by atoms with Crippen LogP contribution >= 0.6 is 23.2 Å². The Kier molecular flexibility index (Phi) is 3.55. The van der Waals surface area contributed by atoms with Gasteiger partial charge in [-0.1, -0.05) is 17.7 Å². The molecule has 26 heavy (non-hydrogen) atoms. The predicted molar refractivity (Wildman–Crippen MR) is 94.4 cm³/mol. The highest BCUT2D eigenvalue weighted by Crippen LogP contribution is 2.43. The van der Waals surface area contributed by atoms with Crippen molar-refractivity contribution in [3.63, 3.8) is 0 Å². The van der Waals surface area contributed by atoms with Crippen molar-refractivity contribution in [3.05, 3.63) is 46.7 Å². The Balaban J connectivity index is 1.78. The Hall–Kier alpha value is -2.38. The number of amides is 1. The third-order valence-electron chi connectivity index (χ3n) is 4.88. The molecule has 1 atom stereocenters. The Morgan fingerprint density at radius 2 is 2.19 bits per heavy atom. The molecule has 0 unspecified atom stereocenters. The van der Waals surface area contributed by atoms with E-state index >= 15 is 0 Å². The molecule has 1 saturated heterocycles. The van der Waals surface area contributed by atoms with E-state index in [1.165, 1.54) is 0 Å². The zero-order valence-corrected chi connectivity index (χ0v) is 15.0. The van der Waals surface area contributed by atoms with Crippen molar-refractivity contribution in [2.45, 2.75) is 24.8 Å². The Morgan fingerprint density at radius 1 is 1.31 bits per heavy atom. The second-order valence-electron chi connectivity index (χ2n) is 6.27. The average molecular weight is 390 g/mol. The van der Waals surface area contributed by atoms with Gasteiger partial charge in [-0.15, -0.1) is 21.8 Å². The van der Waals surface area contributed by atoms with E-state index in [0.29, 0.717) is 40.3 Å². The quantitative estimate of drug-likeness (QED) is 0.625. The maximum Gasteiger partial charge on any atom is 0.268 e. The minimum atomic E-state index is -0.116. The molecular weight excluding hydrogens is 377 g/mol. The summed E-state index contributed by atoms with van der Waals surface area (Å²) in [6, 6.07) is 5.31. The van der Waals surface area contributed by atoms with Gasteiger partial charge in [-0.3, -0.25) is 9.36 Å². The lowest BCUT2D eigenvalue weighted by atomic mass is 10.1. The van der Waals surface area contributed by atoms with Crippen LogP contribution in [-0.2, 0) is 5.88 Å². The van der Waals surface area contributed by atoms with Crippen LogP contribution < -0.4 is 0 Å². The second kappa shape index (κ2) is 5.82. The largest absolute Gasteiger partial charge is 0.418 e. The van der Waals surface area contributed by atoms with E-state index in [-0.39, 0.29) is 17.8 Å². The fourth-order valence-electron chi connectivity index (χ4n) is 3.80. The number of alkyl halides is 1. The fraction of sp³-hybridized carbons (Fsp3) is 0.294. The number of carbonyl (C=O) groups is 1. The first-order valence-corrected chi connectivity index (χ1v) is 9.16. The molecular formula is C17H13Cl2N5O2. The third-order valence-corrected chi connectivity index (χ3v) is 5.43. The van der Waals surface area contributed by atoms with Gasteiger partial charge in [0.15, 0.2) is 5.69 Å². The monoisotopic (exact) mass is 389 g/mol. The number of fused-ring (bicyclic) bond motifs is 5. The Morgan fingerprint density at radius 3 is 3.00 bits per heavy atom. The lowest BCUT2D eigenvalue weighted by molar-refractivity contribution is 0.0739. The van der Waals surface area contributed by atoms with E-state index in [9.17, 15) is 4.79 Å². The van der Waals surface area contributed by atoms with Crippen molar-refractivity contribution in [1.82, 2.24) is 24.6 Å². The summed E-state index contributed by atoms with van der Waals surface area (Å²) in [4.78, 5) is 19.5. The molecule has 3 aromatic rings.